The highest BCUT2D eigenvalue weighted by Crippen LogP contribution is 2.15. The van der Waals surface area contributed by atoms with Crippen molar-refractivity contribution in [1.29, 1.82) is 0 Å². The van der Waals surface area contributed by atoms with Crippen molar-refractivity contribution >= 4 is 11.6 Å². The van der Waals surface area contributed by atoms with Gasteiger partial charge in [-0.05, 0) is 31.2 Å². The van der Waals surface area contributed by atoms with Crippen LogP contribution in [0.15, 0.2) is 36.4 Å². The Balaban J connectivity index is 2.17. The van der Waals surface area contributed by atoms with Gasteiger partial charge in [-0.25, -0.2) is 0 Å². The number of aryl methyl sites for hydroxylation is 1. The molecule has 0 atom stereocenters. The molecule has 0 aliphatic rings. The van der Waals surface area contributed by atoms with E-state index in [-0.39, 0.29) is 5.91 Å². The summed E-state index contributed by atoms with van der Waals surface area (Å²) in [6.07, 6.45) is 0. The van der Waals surface area contributed by atoms with Crippen LogP contribution in [0.3, 0.4) is 0 Å². The highest BCUT2D eigenvalue weighted by atomic mass is 16.2. The van der Waals surface area contributed by atoms with Gasteiger partial charge in [-0.1, -0.05) is 12.1 Å². The molecule has 100 valence electrons. The van der Waals surface area contributed by atoms with Crippen molar-refractivity contribution in [2.45, 2.75) is 13.5 Å². The normalized spacial score (nSPS) is 10.5. The van der Waals surface area contributed by atoms with Crippen molar-refractivity contribution in [3.8, 4) is 0 Å². The van der Waals surface area contributed by atoms with Crippen LogP contribution in [0.4, 0.5) is 5.69 Å². The molecule has 0 aliphatic carbocycles. The minimum atomic E-state index is -0.0584. The maximum atomic E-state index is 12.3. The van der Waals surface area contributed by atoms with Gasteiger partial charge in [0.25, 0.3) is 5.91 Å². The van der Waals surface area contributed by atoms with E-state index in [2.05, 4.69) is 4.57 Å². The first kappa shape index (κ1) is 13.2. The third kappa shape index (κ3) is 2.62. The Bertz CT molecular complexity index is 601. The predicted octanol–water partition coefficient (Wildman–Crippen LogP) is 2.19. The van der Waals surface area contributed by atoms with E-state index in [0.717, 1.165) is 5.69 Å². The van der Waals surface area contributed by atoms with Crippen molar-refractivity contribution in [2.75, 3.05) is 12.8 Å². The summed E-state index contributed by atoms with van der Waals surface area (Å²) in [5.41, 5.74) is 9.18. The van der Waals surface area contributed by atoms with Gasteiger partial charge in [0, 0.05) is 31.2 Å². The van der Waals surface area contributed by atoms with E-state index >= 15 is 0 Å². The average Bonchev–Trinajstić information content (AvgIpc) is 2.70. The molecule has 0 spiro atoms. The Morgan fingerprint density at radius 1 is 1.26 bits per heavy atom. The lowest BCUT2D eigenvalue weighted by atomic mass is 10.1. The predicted molar refractivity (Wildman–Crippen MR) is 76.8 cm³/mol. The number of rotatable bonds is 3. The first-order valence-corrected chi connectivity index (χ1v) is 6.22. The molecule has 0 aliphatic heterocycles. The molecule has 2 N–H and O–H groups in total. The van der Waals surface area contributed by atoms with Gasteiger partial charge in [0.15, 0.2) is 0 Å². The molecule has 0 saturated heterocycles. The number of nitrogen functional groups attached to an aromatic ring is 1. The number of amides is 1. The van der Waals surface area contributed by atoms with Crippen molar-refractivity contribution in [1.82, 2.24) is 9.47 Å². The maximum absolute atomic E-state index is 12.3. The molecule has 1 aromatic heterocycles. The van der Waals surface area contributed by atoms with E-state index in [9.17, 15) is 4.79 Å². The van der Waals surface area contributed by atoms with E-state index in [1.807, 2.05) is 38.2 Å². The van der Waals surface area contributed by atoms with Gasteiger partial charge in [-0.2, -0.15) is 0 Å². The fraction of sp³-hybridized carbons (Fsp3) is 0.267. The quantitative estimate of drug-likeness (QED) is 0.857. The summed E-state index contributed by atoms with van der Waals surface area (Å²) in [6.45, 7) is 2.61. The van der Waals surface area contributed by atoms with Crippen LogP contribution in [0.25, 0.3) is 0 Å². The van der Waals surface area contributed by atoms with Crippen LogP contribution in [-0.4, -0.2) is 22.4 Å². The average molecular weight is 257 g/mol. The molecule has 1 heterocycles. The molecule has 4 heteroatoms. The first-order valence-electron chi connectivity index (χ1n) is 6.22. The zero-order valence-electron chi connectivity index (χ0n) is 11.6. The summed E-state index contributed by atoms with van der Waals surface area (Å²) in [4.78, 5) is 14.0. The molecular formula is C15H19N3O. The van der Waals surface area contributed by atoms with E-state index < -0.39 is 0 Å². The fourth-order valence-corrected chi connectivity index (χ4v) is 2.04. The standard InChI is InChI=1S/C15H19N3O/c1-11-8-9-12(18(11)3)10-17(2)15(19)13-6-4-5-7-14(13)16/h4-9H,10,16H2,1-3H3. The Labute approximate surface area is 113 Å². The maximum Gasteiger partial charge on any atom is 0.256 e. The van der Waals surface area contributed by atoms with Gasteiger partial charge < -0.3 is 15.2 Å². The lowest BCUT2D eigenvalue weighted by Gasteiger charge is -2.19. The summed E-state index contributed by atoms with van der Waals surface area (Å²) in [5, 5.41) is 0. The topological polar surface area (TPSA) is 51.3 Å². The lowest BCUT2D eigenvalue weighted by molar-refractivity contribution is 0.0783. The number of aromatic nitrogens is 1. The molecule has 2 rings (SSSR count). The smallest absolute Gasteiger partial charge is 0.256 e. The molecule has 0 radical (unpaired) electrons. The van der Waals surface area contributed by atoms with Crippen LogP contribution >= 0.6 is 0 Å². The summed E-state index contributed by atoms with van der Waals surface area (Å²) >= 11 is 0. The van der Waals surface area contributed by atoms with Gasteiger partial charge in [0.05, 0.1) is 12.1 Å². The monoisotopic (exact) mass is 257 g/mol. The Morgan fingerprint density at radius 3 is 2.53 bits per heavy atom. The largest absolute Gasteiger partial charge is 0.398 e. The second kappa shape index (κ2) is 5.18. The third-order valence-electron chi connectivity index (χ3n) is 3.41. The van der Waals surface area contributed by atoms with Crippen LogP contribution < -0.4 is 5.73 Å². The number of para-hydroxylation sites is 1. The molecule has 0 unspecified atom stereocenters. The van der Waals surface area contributed by atoms with Crippen LogP contribution in [-0.2, 0) is 13.6 Å². The van der Waals surface area contributed by atoms with Crippen molar-refractivity contribution in [3.05, 3.63) is 53.3 Å². The fourth-order valence-electron chi connectivity index (χ4n) is 2.04. The molecular weight excluding hydrogens is 238 g/mol. The molecule has 0 bridgehead atoms. The summed E-state index contributed by atoms with van der Waals surface area (Å²) < 4.78 is 2.08. The molecule has 1 aromatic carbocycles. The van der Waals surface area contributed by atoms with Crippen LogP contribution in [0.5, 0.6) is 0 Å². The highest BCUT2D eigenvalue weighted by molar-refractivity contribution is 5.98. The molecule has 2 aromatic rings. The van der Waals surface area contributed by atoms with E-state index in [0.29, 0.717) is 17.8 Å². The first-order chi connectivity index (χ1) is 9.00. The molecule has 4 nitrogen and oxygen atoms in total. The third-order valence-corrected chi connectivity index (χ3v) is 3.41. The van der Waals surface area contributed by atoms with Gasteiger partial charge in [0.1, 0.15) is 0 Å². The summed E-state index contributed by atoms with van der Waals surface area (Å²) in [5.74, 6) is -0.0584. The minimum absolute atomic E-state index is 0.0584. The lowest BCUT2D eigenvalue weighted by Crippen LogP contribution is -2.27. The van der Waals surface area contributed by atoms with E-state index in [1.54, 1.807) is 24.1 Å². The SMILES string of the molecule is Cc1ccc(CN(C)C(=O)c2ccccc2N)n1C. The van der Waals surface area contributed by atoms with Crippen LogP contribution in [0, 0.1) is 6.92 Å². The number of anilines is 1. The van der Waals surface area contributed by atoms with Gasteiger partial charge >= 0.3 is 0 Å². The number of nitrogens with zero attached hydrogens (tertiary/aromatic N) is 2. The number of hydrogen-bond donors (Lipinski definition) is 1. The summed E-state index contributed by atoms with van der Waals surface area (Å²) in [7, 11) is 3.79. The second-order valence-corrected chi connectivity index (χ2v) is 4.77. The Hall–Kier alpha value is -2.23. The zero-order chi connectivity index (χ0) is 14.0. The zero-order valence-corrected chi connectivity index (χ0v) is 11.6. The number of carbonyl (C=O) groups excluding carboxylic acids is 1. The number of benzene rings is 1. The van der Waals surface area contributed by atoms with Crippen LogP contribution in [0.1, 0.15) is 21.7 Å². The molecule has 19 heavy (non-hydrogen) atoms. The highest BCUT2D eigenvalue weighted by Gasteiger charge is 2.15. The number of hydrogen-bond acceptors (Lipinski definition) is 2. The van der Waals surface area contributed by atoms with Crippen LogP contribution in [0.2, 0.25) is 0 Å². The van der Waals surface area contributed by atoms with E-state index in [4.69, 9.17) is 5.73 Å². The van der Waals surface area contributed by atoms with Gasteiger partial charge in [0.2, 0.25) is 0 Å². The Morgan fingerprint density at radius 2 is 1.95 bits per heavy atom. The van der Waals surface area contributed by atoms with E-state index in [1.165, 1.54) is 5.69 Å². The van der Waals surface area contributed by atoms with Crippen molar-refractivity contribution in [3.63, 3.8) is 0 Å². The molecule has 0 saturated carbocycles. The van der Waals surface area contributed by atoms with Gasteiger partial charge in [-0.3, -0.25) is 4.79 Å². The Kier molecular flexibility index (Phi) is 3.60. The van der Waals surface area contributed by atoms with Crippen molar-refractivity contribution < 1.29 is 4.79 Å². The van der Waals surface area contributed by atoms with Gasteiger partial charge in [-0.15, -0.1) is 0 Å². The summed E-state index contributed by atoms with van der Waals surface area (Å²) in [6, 6.07) is 11.2. The molecule has 0 fully saturated rings. The minimum Gasteiger partial charge on any atom is -0.398 e. The van der Waals surface area contributed by atoms with Crippen molar-refractivity contribution in [2.24, 2.45) is 7.05 Å². The molecule has 1 amide bonds. The number of nitrogens with two attached hydrogens (primary N) is 1. The second-order valence-electron chi connectivity index (χ2n) is 4.77. The number of carbonyl (C=O) groups is 1.